The molecular weight excluding hydrogens is 250 g/mol. The molecule has 0 fully saturated rings. The van der Waals surface area contributed by atoms with Crippen LogP contribution >= 0.6 is 0 Å². The second kappa shape index (κ2) is 6.29. The zero-order valence-corrected chi connectivity index (χ0v) is 11.9. The summed E-state index contributed by atoms with van der Waals surface area (Å²) < 4.78 is 26.7. The molecule has 0 radical (unpaired) electrons. The van der Waals surface area contributed by atoms with E-state index in [1.165, 1.54) is 0 Å². The maximum Gasteiger partial charge on any atom is 0.240 e. The third kappa shape index (κ3) is 4.06. The molecule has 0 amide bonds. The Labute approximate surface area is 109 Å². The number of nitrogens with two attached hydrogens (primary N) is 1. The summed E-state index contributed by atoms with van der Waals surface area (Å²) in [5.41, 5.74) is 7.17. The van der Waals surface area contributed by atoms with Crippen molar-refractivity contribution in [3.63, 3.8) is 0 Å². The van der Waals surface area contributed by atoms with Gasteiger partial charge in [0.25, 0.3) is 0 Å². The number of nitrogens with one attached hydrogen (secondary N) is 1. The summed E-state index contributed by atoms with van der Waals surface area (Å²) in [5, 5.41) is 0. The fourth-order valence-electron chi connectivity index (χ4n) is 1.62. The molecule has 0 aliphatic carbocycles. The van der Waals surface area contributed by atoms with Crippen LogP contribution in [0.4, 0.5) is 0 Å². The molecule has 0 saturated carbocycles. The van der Waals surface area contributed by atoms with Crippen molar-refractivity contribution in [1.29, 1.82) is 0 Å². The van der Waals surface area contributed by atoms with Crippen molar-refractivity contribution in [1.82, 2.24) is 9.62 Å². The largest absolute Gasteiger partial charge is 0.326 e. The van der Waals surface area contributed by atoms with Gasteiger partial charge in [-0.3, -0.25) is 0 Å². The smallest absolute Gasteiger partial charge is 0.240 e. The normalized spacial score (nSPS) is 12.1. The second-order valence-electron chi connectivity index (χ2n) is 4.51. The Morgan fingerprint density at radius 1 is 1.33 bits per heavy atom. The summed E-state index contributed by atoms with van der Waals surface area (Å²) in [6, 6.07) is 5.16. The van der Waals surface area contributed by atoms with Gasteiger partial charge in [0, 0.05) is 19.6 Å². The lowest BCUT2D eigenvalue weighted by atomic mass is 10.1. The molecule has 1 aromatic rings. The molecule has 0 saturated heterocycles. The predicted octanol–water partition coefficient (Wildman–Crippen LogP) is 0.294. The van der Waals surface area contributed by atoms with Crippen LogP contribution in [0.25, 0.3) is 0 Å². The number of rotatable bonds is 6. The average molecular weight is 271 g/mol. The SMILES string of the molecule is Cc1cc(CN)ccc1S(=O)(=O)NCCN(C)C. The van der Waals surface area contributed by atoms with E-state index in [4.69, 9.17) is 5.73 Å². The van der Waals surface area contributed by atoms with E-state index < -0.39 is 10.0 Å². The average Bonchev–Trinajstić information content (AvgIpc) is 2.27. The minimum absolute atomic E-state index is 0.318. The van der Waals surface area contributed by atoms with Crippen molar-refractivity contribution in [3.05, 3.63) is 29.3 Å². The number of likely N-dealkylation sites (N-methyl/N-ethyl adjacent to an activating group) is 1. The molecule has 0 unspecified atom stereocenters. The Morgan fingerprint density at radius 3 is 2.50 bits per heavy atom. The fraction of sp³-hybridized carbons (Fsp3) is 0.500. The summed E-state index contributed by atoms with van der Waals surface area (Å²) in [5.74, 6) is 0. The van der Waals surface area contributed by atoms with Gasteiger partial charge in [0.15, 0.2) is 0 Å². The number of hydrogen-bond donors (Lipinski definition) is 2. The molecule has 18 heavy (non-hydrogen) atoms. The summed E-state index contributed by atoms with van der Waals surface area (Å²) in [6.45, 7) is 3.25. The first-order valence-corrected chi connectivity index (χ1v) is 7.29. The van der Waals surface area contributed by atoms with Crippen LogP contribution in [0.3, 0.4) is 0 Å². The molecule has 0 bridgehead atoms. The van der Waals surface area contributed by atoms with Gasteiger partial charge in [-0.15, -0.1) is 0 Å². The van der Waals surface area contributed by atoms with Crippen molar-refractivity contribution in [2.75, 3.05) is 27.2 Å². The topological polar surface area (TPSA) is 75.4 Å². The van der Waals surface area contributed by atoms with E-state index in [2.05, 4.69) is 4.72 Å². The summed E-state index contributed by atoms with van der Waals surface area (Å²) in [6.07, 6.45) is 0. The van der Waals surface area contributed by atoms with Crippen LogP contribution in [0, 0.1) is 6.92 Å². The molecule has 1 aromatic carbocycles. The van der Waals surface area contributed by atoms with Crippen molar-refractivity contribution in [2.24, 2.45) is 5.73 Å². The minimum Gasteiger partial charge on any atom is -0.326 e. The van der Waals surface area contributed by atoms with E-state index in [0.717, 1.165) is 11.1 Å². The Kier molecular flexibility index (Phi) is 5.28. The van der Waals surface area contributed by atoms with Crippen LogP contribution in [-0.4, -0.2) is 40.5 Å². The van der Waals surface area contributed by atoms with Gasteiger partial charge < -0.3 is 10.6 Å². The number of benzene rings is 1. The quantitative estimate of drug-likeness (QED) is 0.780. The Balaban J connectivity index is 2.85. The van der Waals surface area contributed by atoms with E-state index in [1.54, 1.807) is 25.1 Å². The molecule has 0 atom stereocenters. The van der Waals surface area contributed by atoms with E-state index in [1.807, 2.05) is 19.0 Å². The first kappa shape index (κ1) is 15.1. The third-order valence-electron chi connectivity index (χ3n) is 2.62. The molecule has 5 nitrogen and oxygen atoms in total. The molecule has 0 spiro atoms. The van der Waals surface area contributed by atoms with Crippen molar-refractivity contribution < 1.29 is 8.42 Å². The molecular formula is C12H21N3O2S. The number of sulfonamides is 1. The zero-order valence-electron chi connectivity index (χ0n) is 11.1. The summed E-state index contributed by atoms with van der Waals surface area (Å²) in [7, 11) is 0.368. The van der Waals surface area contributed by atoms with Crippen LogP contribution in [0.2, 0.25) is 0 Å². The van der Waals surface area contributed by atoms with Crippen LogP contribution < -0.4 is 10.5 Å². The van der Waals surface area contributed by atoms with Crippen LogP contribution in [-0.2, 0) is 16.6 Å². The molecule has 1 rings (SSSR count). The van der Waals surface area contributed by atoms with Gasteiger partial charge in [0.1, 0.15) is 0 Å². The minimum atomic E-state index is -3.43. The first-order chi connectivity index (χ1) is 8.36. The lowest BCUT2D eigenvalue weighted by molar-refractivity contribution is 0.412. The summed E-state index contributed by atoms with van der Waals surface area (Å²) in [4.78, 5) is 2.24. The highest BCUT2D eigenvalue weighted by molar-refractivity contribution is 7.89. The third-order valence-corrected chi connectivity index (χ3v) is 4.24. The molecule has 0 heterocycles. The fourth-order valence-corrected chi connectivity index (χ4v) is 2.87. The molecule has 0 aliphatic rings. The molecule has 102 valence electrons. The first-order valence-electron chi connectivity index (χ1n) is 5.81. The predicted molar refractivity (Wildman–Crippen MR) is 72.8 cm³/mol. The van der Waals surface area contributed by atoms with Gasteiger partial charge in [-0.2, -0.15) is 0 Å². The zero-order chi connectivity index (χ0) is 13.8. The Hall–Kier alpha value is -0.950. The van der Waals surface area contributed by atoms with Gasteiger partial charge >= 0.3 is 0 Å². The molecule has 6 heteroatoms. The van der Waals surface area contributed by atoms with Crippen molar-refractivity contribution in [2.45, 2.75) is 18.4 Å². The van der Waals surface area contributed by atoms with Crippen LogP contribution in [0.5, 0.6) is 0 Å². The van der Waals surface area contributed by atoms with Crippen molar-refractivity contribution >= 4 is 10.0 Å². The van der Waals surface area contributed by atoms with E-state index in [0.29, 0.717) is 24.5 Å². The Morgan fingerprint density at radius 2 is 2.00 bits per heavy atom. The highest BCUT2D eigenvalue weighted by Gasteiger charge is 2.16. The van der Waals surface area contributed by atoms with Crippen LogP contribution in [0.1, 0.15) is 11.1 Å². The lowest BCUT2D eigenvalue weighted by Gasteiger charge is -2.12. The van der Waals surface area contributed by atoms with E-state index in [9.17, 15) is 8.42 Å². The van der Waals surface area contributed by atoms with E-state index in [-0.39, 0.29) is 0 Å². The second-order valence-corrected chi connectivity index (χ2v) is 6.24. The van der Waals surface area contributed by atoms with Gasteiger partial charge in [-0.1, -0.05) is 12.1 Å². The number of aryl methyl sites for hydroxylation is 1. The van der Waals surface area contributed by atoms with Gasteiger partial charge in [-0.25, -0.2) is 13.1 Å². The van der Waals surface area contributed by atoms with Crippen molar-refractivity contribution in [3.8, 4) is 0 Å². The number of nitrogens with zero attached hydrogens (tertiary/aromatic N) is 1. The molecule has 0 aliphatic heterocycles. The highest BCUT2D eigenvalue weighted by atomic mass is 32.2. The highest BCUT2D eigenvalue weighted by Crippen LogP contribution is 2.16. The number of hydrogen-bond acceptors (Lipinski definition) is 4. The Bertz CT molecular complexity index is 498. The molecule has 3 N–H and O–H groups in total. The van der Waals surface area contributed by atoms with E-state index >= 15 is 0 Å². The molecule has 0 aromatic heterocycles. The van der Waals surface area contributed by atoms with Gasteiger partial charge in [0.05, 0.1) is 4.90 Å². The van der Waals surface area contributed by atoms with Gasteiger partial charge in [-0.05, 0) is 38.2 Å². The summed E-state index contributed by atoms with van der Waals surface area (Å²) >= 11 is 0. The van der Waals surface area contributed by atoms with Crippen LogP contribution in [0.15, 0.2) is 23.1 Å². The van der Waals surface area contributed by atoms with Gasteiger partial charge in [0.2, 0.25) is 10.0 Å². The maximum absolute atomic E-state index is 12.1. The lowest BCUT2D eigenvalue weighted by Crippen LogP contribution is -2.31. The monoisotopic (exact) mass is 271 g/mol. The maximum atomic E-state index is 12.1. The standard InChI is InChI=1S/C12H21N3O2S/c1-10-8-11(9-13)4-5-12(10)18(16,17)14-6-7-15(2)3/h4-5,8,14H,6-7,9,13H2,1-3H3.